The maximum absolute atomic E-state index is 14.1. The topological polar surface area (TPSA) is 6.48 Å². The summed E-state index contributed by atoms with van der Waals surface area (Å²) in [6, 6.07) is 7.89. The Balaban J connectivity index is 1.65. The zero-order valence-electron chi connectivity index (χ0n) is 17.7. The normalized spacial score (nSPS) is 17.0. The van der Waals surface area contributed by atoms with E-state index in [4.69, 9.17) is 23.2 Å². The minimum atomic E-state index is -0.540. The molecule has 0 amide bonds. The van der Waals surface area contributed by atoms with Crippen molar-refractivity contribution in [2.75, 3.05) is 38.6 Å². The van der Waals surface area contributed by atoms with Gasteiger partial charge in [-0.05, 0) is 94.4 Å². The second-order valence-corrected chi connectivity index (χ2v) is 9.38. The molecular formula is C24H30Cl2F2N2. The summed E-state index contributed by atoms with van der Waals surface area (Å²) in [5.74, 6) is -0.736. The molecule has 1 aliphatic heterocycles. The third kappa shape index (κ3) is 6.32. The van der Waals surface area contributed by atoms with Crippen LogP contribution in [0.2, 0.25) is 10.0 Å². The monoisotopic (exact) mass is 454 g/mol. The summed E-state index contributed by atoms with van der Waals surface area (Å²) in [4.78, 5) is 4.41. The molecule has 0 N–H and O–H groups in total. The molecule has 1 saturated heterocycles. The van der Waals surface area contributed by atoms with Gasteiger partial charge in [0.1, 0.15) is 11.6 Å². The van der Waals surface area contributed by atoms with Crippen molar-refractivity contribution in [2.24, 2.45) is 5.92 Å². The molecule has 164 valence electrons. The SMILES string of the molecule is CN(C)CCCCc1cc(Cl)c(N2CCCC(Cc3ccc(F)cc3F)C2)c(Cl)c1. The number of hydrogen-bond acceptors (Lipinski definition) is 2. The first-order chi connectivity index (χ1) is 14.3. The number of piperidine rings is 1. The van der Waals surface area contributed by atoms with E-state index in [1.54, 1.807) is 6.07 Å². The predicted molar refractivity (Wildman–Crippen MR) is 123 cm³/mol. The molecule has 0 aromatic heterocycles. The van der Waals surface area contributed by atoms with E-state index < -0.39 is 11.6 Å². The first-order valence-corrected chi connectivity index (χ1v) is 11.4. The van der Waals surface area contributed by atoms with E-state index in [1.807, 2.05) is 12.1 Å². The van der Waals surface area contributed by atoms with Crippen LogP contribution in [-0.2, 0) is 12.8 Å². The van der Waals surface area contributed by atoms with Gasteiger partial charge in [-0.1, -0.05) is 29.3 Å². The summed E-state index contributed by atoms with van der Waals surface area (Å²) in [6.45, 7) is 2.71. The predicted octanol–water partition coefficient (Wildman–Crippen LogP) is 6.62. The molecule has 2 nitrogen and oxygen atoms in total. The van der Waals surface area contributed by atoms with Crippen molar-refractivity contribution in [3.63, 3.8) is 0 Å². The molecule has 1 aliphatic rings. The van der Waals surface area contributed by atoms with Crippen LogP contribution in [0.25, 0.3) is 0 Å². The van der Waals surface area contributed by atoms with Crippen LogP contribution < -0.4 is 4.90 Å². The van der Waals surface area contributed by atoms with Gasteiger partial charge in [0.05, 0.1) is 15.7 Å². The lowest BCUT2D eigenvalue weighted by atomic mass is 9.90. The molecule has 2 aromatic carbocycles. The van der Waals surface area contributed by atoms with Gasteiger partial charge in [-0.25, -0.2) is 8.78 Å². The van der Waals surface area contributed by atoms with Gasteiger partial charge >= 0.3 is 0 Å². The van der Waals surface area contributed by atoms with Gasteiger partial charge in [-0.2, -0.15) is 0 Å². The molecule has 0 saturated carbocycles. The van der Waals surface area contributed by atoms with E-state index in [0.29, 0.717) is 22.0 Å². The second-order valence-electron chi connectivity index (χ2n) is 8.56. The quantitative estimate of drug-likeness (QED) is 0.413. The van der Waals surface area contributed by atoms with Crippen LogP contribution in [0.1, 0.15) is 36.8 Å². The minimum Gasteiger partial charge on any atom is -0.369 e. The summed E-state index contributed by atoms with van der Waals surface area (Å²) >= 11 is 13.3. The van der Waals surface area contributed by atoms with Crippen molar-refractivity contribution >= 4 is 28.9 Å². The zero-order valence-corrected chi connectivity index (χ0v) is 19.2. The number of rotatable bonds is 8. The van der Waals surface area contributed by atoms with Crippen LogP contribution in [0.15, 0.2) is 30.3 Å². The second kappa shape index (κ2) is 10.8. The molecule has 0 bridgehead atoms. The average Bonchev–Trinajstić information content (AvgIpc) is 2.67. The minimum absolute atomic E-state index is 0.275. The summed E-state index contributed by atoms with van der Waals surface area (Å²) in [7, 11) is 4.16. The van der Waals surface area contributed by atoms with Crippen molar-refractivity contribution < 1.29 is 8.78 Å². The average molecular weight is 455 g/mol. The first-order valence-electron chi connectivity index (χ1n) is 10.6. The Labute approximate surface area is 188 Å². The van der Waals surface area contributed by atoms with Crippen molar-refractivity contribution in [3.05, 3.63) is 63.1 Å². The van der Waals surface area contributed by atoms with Gasteiger partial charge in [0.25, 0.3) is 0 Å². The summed E-state index contributed by atoms with van der Waals surface area (Å²) in [5, 5.41) is 1.36. The van der Waals surface area contributed by atoms with Crippen LogP contribution in [0, 0.1) is 17.6 Å². The van der Waals surface area contributed by atoms with Gasteiger partial charge < -0.3 is 9.80 Å². The molecule has 2 aromatic rings. The molecule has 3 rings (SSSR count). The molecular weight excluding hydrogens is 425 g/mol. The van der Waals surface area contributed by atoms with E-state index >= 15 is 0 Å². The van der Waals surface area contributed by atoms with Crippen molar-refractivity contribution in [3.8, 4) is 0 Å². The fourth-order valence-corrected chi connectivity index (χ4v) is 5.03. The highest BCUT2D eigenvalue weighted by Gasteiger charge is 2.24. The zero-order chi connectivity index (χ0) is 21.7. The summed E-state index contributed by atoms with van der Waals surface area (Å²) in [6.07, 6.45) is 5.78. The van der Waals surface area contributed by atoms with Crippen molar-refractivity contribution in [1.82, 2.24) is 4.90 Å². The Hall–Kier alpha value is -1.36. The third-order valence-electron chi connectivity index (χ3n) is 5.76. The standard InChI is InChI=1S/C24H30Cl2F2N2/c1-29(2)10-4-3-6-17-13-21(25)24(22(26)14-17)30-11-5-7-18(16-30)12-19-8-9-20(27)15-23(19)28/h8-9,13-15,18H,3-7,10-12,16H2,1-2H3. The van der Waals surface area contributed by atoms with Gasteiger partial charge in [0.15, 0.2) is 0 Å². The van der Waals surface area contributed by atoms with Gasteiger partial charge in [-0.15, -0.1) is 0 Å². The Bertz CT molecular complexity index is 834. The van der Waals surface area contributed by atoms with Crippen LogP contribution >= 0.6 is 23.2 Å². The Morgan fingerprint density at radius 3 is 2.47 bits per heavy atom. The van der Waals surface area contributed by atoms with E-state index in [1.165, 1.54) is 6.07 Å². The number of halogens is 4. The third-order valence-corrected chi connectivity index (χ3v) is 6.33. The fourth-order valence-electron chi connectivity index (χ4n) is 4.25. The number of aryl methyl sites for hydroxylation is 1. The number of anilines is 1. The number of unbranched alkanes of at least 4 members (excludes halogenated alkanes) is 1. The molecule has 1 atom stereocenters. The van der Waals surface area contributed by atoms with Crippen molar-refractivity contribution in [1.29, 1.82) is 0 Å². The van der Waals surface area contributed by atoms with E-state index in [0.717, 1.165) is 69.1 Å². The smallest absolute Gasteiger partial charge is 0.129 e. The van der Waals surface area contributed by atoms with E-state index in [-0.39, 0.29) is 5.92 Å². The molecule has 0 spiro atoms. The number of hydrogen-bond donors (Lipinski definition) is 0. The molecule has 6 heteroatoms. The summed E-state index contributed by atoms with van der Waals surface area (Å²) in [5.41, 5.74) is 2.60. The van der Waals surface area contributed by atoms with Crippen LogP contribution in [0.3, 0.4) is 0 Å². The molecule has 1 heterocycles. The molecule has 30 heavy (non-hydrogen) atoms. The Kier molecular flexibility index (Phi) is 8.38. The Morgan fingerprint density at radius 2 is 1.80 bits per heavy atom. The first kappa shape index (κ1) is 23.3. The number of benzene rings is 2. The molecule has 1 unspecified atom stereocenters. The lowest BCUT2D eigenvalue weighted by Crippen LogP contribution is -2.36. The lowest BCUT2D eigenvalue weighted by molar-refractivity contribution is 0.394. The highest BCUT2D eigenvalue weighted by molar-refractivity contribution is 6.39. The molecule has 0 radical (unpaired) electrons. The Morgan fingerprint density at radius 1 is 1.07 bits per heavy atom. The van der Waals surface area contributed by atoms with Crippen LogP contribution in [0.5, 0.6) is 0 Å². The summed E-state index contributed by atoms with van der Waals surface area (Å²) < 4.78 is 27.3. The molecule has 1 fully saturated rings. The maximum atomic E-state index is 14.1. The van der Waals surface area contributed by atoms with Crippen LogP contribution in [-0.4, -0.2) is 38.6 Å². The van der Waals surface area contributed by atoms with Gasteiger partial charge in [-0.3, -0.25) is 0 Å². The van der Waals surface area contributed by atoms with Crippen LogP contribution in [0.4, 0.5) is 14.5 Å². The maximum Gasteiger partial charge on any atom is 0.129 e. The van der Waals surface area contributed by atoms with E-state index in [2.05, 4.69) is 23.9 Å². The molecule has 0 aliphatic carbocycles. The highest BCUT2D eigenvalue weighted by atomic mass is 35.5. The van der Waals surface area contributed by atoms with Gasteiger partial charge in [0, 0.05) is 19.2 Å². The fraction of sp³-hybridized carbons (Fsp3) is 0.500. The highest BCUT2D eigenvalue weighted by Crippen LogP contribution is 2.38. The van der Waals surface area contributed by atoms with Crippen molar-refractivity contribution in [2.45, 2.75) is 38.5 Å². The number of nitrogens with zero attached hydrogens (tertiary/aromatic N) is 2. The van der Waals surface area contributed by atoms with E-state index in [9.17, 15) is 8.78 Å². The lowest BCUT2D eigenvalue weighted by Gasteiger charge is -2.35. The van der Waals surface area contributed by atoms with Gasteiger partial charge in [0.2, 0.25) is 0 Å². The largest absolute Gasteiger partial charge is 0.369 e.